The summed E-state index contributed by atoms with van der Waals surface area (Å²) in [5.41, 5.74) is 6.80. The Morgan fingerprint density at radius 1 is 1.47 bits per heavy atom. The van der Waals surface area contributed by atoms with Crippen LogP contribution in [0.2, 0.25) is 0 Å². The molecule has 3 N–H and O–H groups in total. The molecule has 92 valence electrons. The van der Waals surface area contributed by atoms with Gasteiger partial charge >= 0.3 is 0 Å². The average molecular weight is 234 g/mol. The van der Waals surface area contributed by atoms with Crippen molar-refractivity contribution in [3.05, 3.63) is 23.8 Å². The number of hydrogen-bond donors (Lipinski definition) is 2. The lowest BCUT2D eigenvalue weighted by molar-refractivity contribution is 0.0935. The molecule has 0 bridgehead atoms. The first-order valence-corrected chi connectivity index (χ1v) is 5.85. The maximum absolute atomic E-state index is 12.0. The number of nitrogen functional groups attached to an aromatic ring is 1. The molecule has 1 aromatic carbocycles. The number of methoxy groups -OCH3 is 1. The van der Waals surface area contributed by atoms with Gasteiger partial charge in [-0.15, -0.1) is 0 Å². The lowest BCUT2D eigenvalue weighted by Gasteiger charge is -2.13. The number of ether oxygens (including phenoxy) is 1. The number of carbonyl (C=O) groups excluding carboxylic acids is 1. The number of nitrogens with one attached hydrogen (secondary N) is 1. The average Bonchev–Trinajstić information content (AvgIpc) is 3.11. The number of nitrogens with two attached hydrogens (primary N) is 1. The standard InChI is InChI=1S/C13H18N2O2/c1-8(9-3-4-9)15-13(16)10-5-11(14)7-12(6-10)17-2/h5-9H,3-4,14H2,1-2H3,(H,15,16). The zero-order chi connectivity index (χ0) is 12.4. The van der Waals surface area contributed by atoms with Crippen LogP contribution in [-0.2, 0) is 0 Å². The van der Waals surface area contributed by atoms with Crippen LogP contribution in [0.4, 0.5) is 5.69 Å². The predicted octanol–water partition coefficient (Wildman–Crippen LogP) is 1.81. The second-order valence-corrected chi connectivity index (χ2v) is 4.59. The first-order chi connectivity index (χ1) is 8.10. The minimum absolute atomic E-state index is 0.0880. The van der Waals surface area contributed by atoms with Crippen molar-refractivity contribution in [2.24, 2.45) is 5.92 Å². The number of benzene rings is 1. The van der Waals surface area contributed by atoms with Crippen molar-refractivity contribution in [1.29, 1.82) is 0 Å². The Labute approximate surface area is 101 Å². The van der Waals surface area contributed by atoms with Gasteiger partial charge in [-0.1, -0.05) is 0 Å². The summed E-state index contributed by atoms with van der Waals surface area (Å²) in [6, 6.07) is 5.29. The summed E-state index contributed by atoms with van der Waals surface area (Å²) in [6.45, 7) is 2.04. The summed E-state index contributed by atoms with van der Waals surface area (Å²) in [4.78, 5) is 12.0. The third-order valence-electron chi connectivity index (χ3n) is 3.11. The molecule has 0 spiro atoms. The fraction of sp³-hybridized carbons (Fsp3) is 0.462. The molecule has 4 heteroatoms. The zero-order valence-corrected chi connectivity index (χ0v) is 10.2. The third kappa shape index (κ3) is 2.90. The summed E-state index contributed by atoms with van der Waals surface area (Å²) >= 11 is 0. The van der Waals surface area contributed by atoms with E-state index in [4.69, 9.17) is 10.5 Å². The van der Waals surface area contributed by atoms with Crippen LogP contribution in [0, 0.1) is 5.92 Å². The van der Waals surface area contributed by atoms with Crippen molar-refractivity contribution >= 4 is 11.6 Å². The molecular formula is C13H18N2O2. The minimum atomic E-state index is -0.0880. The molecular weight excluding hydrogens is 216 g/mol. The van der Waals surface area contributed by atoms with E-state index in [9.17, 15) is 4.79 Å². The first kappa shape index (κ1) is 11.8. The highest BCUT2D eigenvalue weighted by Gasteiger charge is 2.29. The maximum Gasteiger partial charge on any atom is 0.251 e. The Hall–Kier alpha value is -1.71. The number of rotatable bonds is 4. The fourth-order valence-corrected chi connectivity index (χ4v) is 1.88. The Morgan fingerprint density at radius 2 is 2.18 bits per heavy atom. The van der Waals surface area contributed by atoms with Gasteiger partial charge in [-0.05, 0) is 37.8 Å². The number of hydrogen-bond acceptors (Lipinski definition) is 3. The Bertz CT molecular complexity index is 427. The highest BCUT2D eigenvalue weighted by atomic mass is 16.5. The molecule has 1 fully saturated rings. The quantitative estimate of drug-likeness (QED) is 0.781. The molecule has 1 saturated carbocycles. The lowest BCUT2D eigenvalue weighted by atomic mass is 10.1. The highest BCUT2D eigenvalue weighted by molar-refractivity contribution is 5.95. The van der Waals surface area contributed by atoms with Crippen LogP contribution < -0.4 is 15.8 Å². The topological polar surface area (TPSA) is 64.3 Å². The summed E-state index contributed by atoms with van der Waals surface area (Å²) in [6.07, 6.45) is 2.42. The minimum Gasteiger partial charge on any atom is -0.497 e. The molecule has 0 saturated heterocycles. The van der Waals surface area contributed by atoms with Crippen molar-refractivity contribution in [2.45, 2.75) is 25.8 Å². The second kappa shape index (κ2) is 4.65. The molecule has 1 aromatic rings. The van der Waals surface area contributed by atoms with Crippen LogP contribution in [0.25, 0.3) is 0 Å². The lowest BCUT2D eigenvalue weighted by Crippen LogP contribution is -2.34. The van der Waals surface area contributed by atoms with E-state index in [1.165, 1.54) is 12.8 Å². The molecule has 1 atom stereocenters. The second-order valence-electron chi connectivity index (χ2n) is 4.59. The van der Waals surface area contributed by atoms with Gasteiger partial charge in [0.1, 0.15) is 5.75 Å². The summed E-state index contributed by atoms with van der Waals surface area (Å²) < 4.78 is 5.09. The van der Waals surface area contributed by atoms with Gasteiger partial charge in [0.05, 0.1) is 7.11 Å². The van der Waals surface area contributed by atoms with Crippen LogP contribution in [-0.4, -0.2) is 19.1 Å². The maximum atomic E-state index is 12.0. The molecule has 1 amide bonds. The van der Waals surface area contributed by atoms with E-state index in [2.05, 4.69) is 5.32 Å². The van der Waals surface area contributed by atoms with E-state index in [0.29, 0.717) is 22.9 Å². The van der Waals surface area contributed by atoms with Gasteiger partial charge in [-0.25, -0.2) is 0 Å². The summed E-state index contributed by atoms with van der Waals surface area (Å²) in [5, 5.41) is 2.99. The third-order valence-corrected chi connectivity index (χ3v) is 3.11. The van der Waals surface area contributed by atoms with Crippen LogP contribution in [0.5, 0.6) is 5.75 Å². The number of carbonyl (C=O) groups is 1. The van der Waals surface area contributed by atoms with Crippen molar-refractivity contribution in [3.63, 3.8) is 0 Å². The van der Waals surface area contributed by atoms with Gasteiger partial charge in [0.25, 0.3) is 5.91 Å². The van der Waals surface area contributed by atoms with Crippen LogP contribution in [0.3, 0.4) is 0 Å². The molecule has 4 nitrogen and oxygen atoms in total. The molecule has 1 unspecified atom stereocenters. The SMILES string of the molecule is COc1cc(N)cc(C(=O)NC(C)C2CC2)c1. The molecule has 1 aliphatic rings. The van der Waals surface area contributed by atoms with Gasteiger partial charge in [0.15, 0.2) is 0 Å². The fourth-order valence-electron chi connectivity index (χ4n) is 1.88. The van der Waals surface area contributed by atoms with E-state index < -0.39 is 0 Å². The number of anilines is 1. The zero-order valence-electron chi connectivity index (χ0n) is 10.2. The number of amides is 1. The van der Waals surface area contributed by atoms with E-state index >= 15 is 0 Å². The predicted molar refractivity (Wildman–Crippen MR) is 67.1 cm³/mol. The van der Waals surface area contributed by atoms with Crippen molar-refractivity contribution in [3.8, 4) is 5.75 Å². The van der Waals surface area contributed by atoms with Crippen LogP contribution >= 0.6 is 0 Å². The summed E-state index contributed by atoms with van der Waals surface area (Å²) in [5.74, 6) is 1.16. The Morgan fingerprint density at radius 3 is 2.76 bits per heavy atom. The molecule has 2 rings (SSSR count). The normalized spacial score (nSPS) is 16.4. The van der Waals surface area contributed by atoms with Crippen molar-refractivity contribution in [2.75, 3.05) is 12.8 Å². The van der Waals surface area contributed by atoms with Gasteiger partial charge in [0, 0.05) is 23.4 Å². The van der Waals surface area contributed by atoms with Crippen LogP contribution in [0.15, 0.2) is 18.2 Å². The van der Waals surface area contributed by atoms with Gasteiger partial charge in [-0.3, -0.25) is 4.79 Å². The smallest absolute Gasteiger partial charge is 0.251 e. The van der Waals surface area contributed by atoms with E-state index in [0.717, 1.165) is 0 Å². The van der Waals surface area contributed by atoms with Crippen molar-refractivity contribution in [1.82, 2.24) is 5.32 Å². The van der Waals surface area contributed by atoms with E-state index in [1.807, 2.05) is 6.92 Å². The summed E-state index contributed by atoms with van der Waals surface area (Å²) in [7, 11) is 1.56. The monoisotopic (exact) mass is 234 g/mol. The molecule has 0 radical (unpaired) electrons. The van der Waals surface area contributed by atoms with E-state index in [1.54, 1.807) is 25.3 Å². The largest absolute Gasteiger partial charge is 0.497 e. The van der Waals surface area contributed by atoms with Crippen LogP contribution in [0.1, 0.15) is 30.1 Å². The van der Waals surface area contributed by atoms with Gasteiger partial charge in [-0.2, -0.15) is 0 Å². The van der Waals surface area contributed by atoms with Gasteiger partial charge in [0.2, 0.25) is 0 Å². The van der Waals surface area contributed by atoms with E-state index in [-0.39, 0.29) is 11.9 Å². The first-order valence-electron chi connectivity index (χ1n) is 5.85. The highest BCUT2D eigenvalue weighted by Crippen LogP contribution is 2.32. The Kier molecular flexibility index (Phi) is 3.22. The molecule has 17 heavy (non-hydrogen) atoms. The Balaban J connectivity index is 2.09. The van der Waals surface area contributed by atoms with Gasteiger partial charge < -0.3 is 15.8 Å². The molecule has 1 aliphatic carbocycles. The molecule has 0 aliphatic heterocycles. The van der Waals surface area contributed by atoms with Crippen molar-refractivity contribution < 1.29 is 9.53 Å². The molecule has 0 heterocycles. The molecule has 0 aromatic heterocycles.